The standard InChI is InChI=1S/C37H29F7O2/c1-2-3-4-5-23-6-9-25(10-7-23)26-11-14-29(32(39)19-26)27-12-15-30(33(40)20-27)37(43,44)46-28-13-17-36(35(42)21-28)45-22-24-8-16-31(38)34(41)18-24/h6-21H,2-5,22H2,1H3. The van der Waals surface area contributed by atoms with E-state index in [1.165, 1.54) is 23.8 Å². The van der Waals surface area contributed by atoms with E-state index in [1.54, 1.807) is 6.07 Å². The van der Waals surface area contributed by atoms with Crippen LogP contribution >= 0.6 is 0 Å². The van der Waals surface area contributed by atoms with E-state index >= 15 is 4.39 Å². The normalized spacial score (nSPS) is 11.5. The summed E-state index contributed by atoms with van der Waals surface area (Å²) in [6.45, 7) is 1.82. The zero-order chi connectivity index (χ0) is 32.8. The van der Waals surface area contributed by atoms with Gasteiger partial charge in [0.1, 0.15) is 24.0 Å². The van der Waals surface area contributed by atoms with Crippen LogP contribution in [0.4, 0.5) is 30.7 Å². The molecule has 0 N–H and O–H groups in total. The SMILES string of the molecule is CCCCCc1ccc(-c2ccc(-c3ccc(C(F)(F)Oc4ccc(OCc5ccc(F)c(F)c5)c(F)c4)c(F)c3)c(F)c2)cc1. The van der Waals surface area contributed by atoms with Crippen LogP contribution in [0.2, 0.25) is 0 Å². The Labute approximate surface area is 262 Å². The number of hydrogen-bond acceptors (Lipinski definition) is 2. The first-order chi connectivity index (χ1) is 22.0. The van der Waals surface area contributed by atoms with Gasteiger partial charge in [-0.3, -0.25) is 0 Å². The van der Waals surface area contributed by atoms with Crippen molar-refractivity contribution in [3.63, 3.8) is 0 Å². The predicted octanol–water partition coefficient (Wildman–Crippen LogP) is 11.2. The molecule has 0 bridgehead atoms. The van der Waals surface area contributed by atoms with Gasteiger partial charge in [-0.05, 0) is 83.1 Å². The molecule has 0 amide bonds. The molecule has 2 nitrogen and oxygen atoms in total. The second-order valence-corrected chi connectivity index (χ2v) is 10.8. The number of alkyl halides is 2. The van der Waals surface area contributed by atoms with Gasteiger partial charge in [0.25, 0.3) is 0 Å². The van der Waals surface area contributed by atoms with Crippen molar-refractivity contribution >= 4 is 0 Å². The Balaban J connectivity index is 1.26. The molecule has 5 aromatic carbocycles. The highest BCUT2D eigenvalue weighted by Gasteiger charge is 2.38. The van der Waals surface area contributed by atoms with Gasteiger partial charge in [-0.15, -0.1) is 0 Å². The average Bonchev–Trinajstić information content (AvgIpc) is 3.02. The zero-order valence-corrected chi connectivity index (χ0v) is 24.7. The fourth-order valence-corrected chi connectivity index (χ4v) is 4.95. The smallest absolute Gasteiger partial charge is 0.429 e. The summed E-state index contributed by atoms with van der Waals surface area (Å²) in [5, 5.41) is 0. The van der Waals surface area contributed by atoms with Crippen LogP contribution in [0.3, 0.4) is 0 Å². The summed E-state index contributed by atoms with van der Waals surface area (Å²) in [7, 11) is 0. The van der Waals surface area contributed by atoms with E-state index in [4.69, 9.17) is 4.74 Å². The van der Waals surface area contributed by atoms with Gasteiger partial charge in [0.15, 0.2) is 23.2 Å². The Kier molecular flexibility index (Phi) is 9.99. The van der Waals surface area contributed by atoms with Crippen LogP contribution in [-0.2, 0) is 19.1 Å². The van der Waals surface area contributed by atoms with E-state index in [-0.39, 0.29) is 29.0 Å². The molecule has 0 heterocycles. The lowest BCUT2D eigenvalue weighted by Crippen LogP contribution is -2.23. The summed E-state index contributed by atoms with van der Waals surface area (Å²) in [5.41, 5.74) is 1.76. The number of halogens is 7. The van der Waals surface area contributed by atoms with Crippen molar-refractivity contribution in [3.05, 3.63) is 143 Å². The number of benzene rings is 5. The molecule has 0 aliphatic heterocycles. The highest BCUT2D eigenvalue weighted by Crippen LogP contribution is 2.37. The largest absolute Gasteiger partial charge is 0.486 e. The third-order valence-corrected chi connectivity index (χ3v) is 7.45. The van der Waals surface area contributed by atoms with Crippen molar-refractivity contribution in [2.24, 2.45) is 0 Å². The zero-order valence-electron chi connectivity index (χ0n) is 24.7. The van der Waals surface area contributed by atoms with Crippen molar-refractivity contribution in [3.8, 4) is 33.8 Å². The monoisotopic (exact) mass is 638 g/mol. The minimum absolute atomic E-state index is 0.0238. The van der Waals surface area contributed by atoms with Gasteiger partial charge >= 0.3 is 6.11 Å². The maximum absolute atomic E-state index is 15.1. The average molecular weight is 639 g/mol. The molecule has 0 radical (unpaired) electrons. The Morgan fingerprint density at radius 3 is 1.93 bits per heavy atom. The van der Waals surface area contributed by atoms with Crippen LogP contribution < -0.4 is 9.47 Å². The Morgan fingerprint density at radius 1 is 0.565 bits per heavy atom. The number of hydrogen-bond donors (Lipinski definition) is 0. The first kappa shape index (κ1) is 32.6. The van der Waals surface area contributed by atoms with E-state index in [9.17, 15) is 26.3 Å². The molecule has 0 aliphatic rings. The van der Waals surface area contributed by atoms with Gasteiger partial charge in [0, 0.05) is 11.6 Å². The Hall–Kier alpha value is -4.79. The van der Waals surface area contributed by atoms with Crippen LogP contribution in [0.15, 0.2) is 97.1 Å². The molecule has 0 saturated heterocycles. The summed E-state index contributed by atoms with van der Waals surface area (Å²) >= 11 is 0. The first-order valence-electron chi connectivity index (χ1n) is 14.7. The summed E-state index contributed by atoms with van der Waals surface area (Å²) in [6.07, 6.45) is 0.133. The first-order valence-corrected chi connectivity index (χ1v) is 14.7. The number of unbranched alkanes of at least 4 members (excludes halogenated alkanes) is 2. The highest BCUT2D eigenvalue weighted by molar-refractivity contribution is 5.71. The van der Waals surface area contributed by atoms with Gasteiger partial charge in [0.2, 0.25) is 0 Å². The maximum atomic E-state index is 15.1. The summed E-state index contributed by atoms with van der Waals surface area (Å²) in [4.78, 5) is 0. The summed E-state index contributed by atoms with van der Waals surface area (Å²) in [6, 6.07) is 20.6. The van der Waals surface area contributed by atoms with E-state index in [2.05, 4.69) is 11.7 Å². The molecule has 0 aliphatic carbocycles. The van der Waals surface area contributed by atoms with Gasteiger partial charge in [-0.2, -0.15) is 8.78 Å². The second kappa shape index (κ2) is 14.1. The van der Waals surface area contributed by atoms with Crippen LogP contribution in [-0.4, -0.2) is 0 Å². The second-order valence-electron chi connectivity index (χ2n) is 10.8. The molecule has 0 fully saturated rings. The molecular weight excluding hydrogens is 609 g/mol. The maximum Gasteiger partial charge on any atom is 0.429 e. The van der Waals surface area contributed by atoms with Crippen molar-refractivity contribution in [2.75, 3.05) is 0 Å². The number of rotatable bonds is 12. The lowest BCUT2D eigenvalue weighted by Gasteiger charge is -2.20. The van der Waals surface area contributed by atoms with E-state index in [0.29, 0.717) is 11.6 Å². The van der Waals surface area contributed by atoms with Crippen molar-refractivity contribution < 1.29 is 40.2 Å². The highest BCUT2D eigenvalue weighted by atomic mass is 19.3. The minimum atomic E-state index is -4.21. The van der Waals surface area contributed by atoms with Gasteiger partial charge in [0.05, 0.1) is 5.56 Å². The molecule has 238 valence electrons. The van der Waals surface area contributed by atoms with Gasteiger partial charge in [-0.25, -0.2) is 22.0 Å². The van der Waals surface area contributed by atoms with Crippen LogP contribution in [0.5, 0.6) is 11.5 Å². The van der Waals surface area contributed by atoms with Gasteiger partial charge in [-0.1, -0.05) is 68.3 Å². The molecule has 9 heteroatoms. The van der Waals surface area contributed by atoms with E-state index in [1.807, 2.05) is 24.3 Å². The fourth-order valence-electron chi connectivity index (χ4n) is 4.95. The Bertz CT molecular complexity index is 1820. The lowest BCUT2D eigenvalue weighted by atomic mass is 9.97. The molecule has 0 unspecified atom stereocenters. The van der Waals surface area contributed by atoms with Crippen molar-refractivity contribution in [1.29, 1.82) is 0 Å². The number of aryl methyl sites for hydroxylation is 1. The summed E-state index contributed by atoms with van der Waals surface area (Å²) in [5.74, 6) is -6.22. The van der Waals surface area contributed by atoms with E-state index in [0.717, 1.165) is 73.7 Å². The summed E-state index contributed by atoms with van der Waals surface area (Å²) < 4.78 is 111. The lowest BCUT2D eigenvalue weighted by molar-refractivity contribution is -0.187. The molecule has 0 atom stereocenters. The molecule has 0 spiro atoms. The molecular formula is C37H29F7O2. The predicted molar refractivity (Wildman–Crippen MR) is 162 cm³/mol. The van der Waals surface area contributed by atoms with Crippen LogP contribution in [0.25, 0.3) is 22.3 Å². The van der Waals surface area contributed by atoms with Crippen LogP contribution in [0.1, 0.15) is 42.9 Å². The van der Waals surface area contributed by atoms with Crippen LogP contribution in [0, 0.1) is 29.1 Å². The Morgan fingerprint density at radius 2 is 1.26 bits per heavy atom. The number of ether oxygens (including phenoxy) is 2. The molecule has 5 rings (SSSR count). The molecule has 0 aromatic heterocycles. The fraction of sp³-hybridized carbons (Fsp3) is 0.189. The minimum Gasteiger partial charge on any atom is -0.486 e. The van der Waals surface area contributed by atoms with Crippen molar-refractivity contribution in [1.82, 2.24) is 0 Å². The molecule has 5 aromatic rings. The topological polar surface area (TPSA) is 18.5 Å². The third-order valence-electron chi connectivity index (χ3n) is 7.45. The quantitative estimate of drug-likeness (QED) is 0.100. The molecule has 46 heavy (non-hydrogen) atoms. The van der Waals surface area contributed by atoms with E-state index < -0.39 is 46.5 Å². The molecule has 0 saturated carbocycles. The third kappa shape index (κ3) is 7.70. The van der Waals surface area contributed by atoms with Crippen molar-refractivity contribution in [2.45, 2.75) is 45.3 Å². The van der Waals surface area contributed by atoms with Gasteiger partial charge < -0.3 is 9.47 Å².